The minimum Gasteiger partial charge on any atom is -0.496 e. The summed E-state index contributed by atoms with van der Waals surface area (Å²) in [7, 11) is 1.51. The first-order valence-electron chi connectivity index (χ1n) is 5.25. The number of aliphatic hydroxyl groups excluding tert-OH is 1. The van der Waals surface area contributed by atoms with E-state index >= 15 is 0 Å². The quantitative estimate of drug-likeness (QED) is 0.871. The highest BCUT2D eigenvalue weighted by atomic mass is 79.9. The average Bonchev–Trinajstić information content (AvgIpc) is 2.35. The molecule has 0 aromatic heterocycles. The van der Waals surface area contributed by atoms with Crippen LogP contribution >= 0.6 is 15.9 Å². The van der Waals surface area contributed by atoms with Crippen LogP contribution in [0, 0.1) is 0 Å². The molecule has 0 aliphatic carbocycles. The Balaban J connectivity index is 2.67. The van der Waals surface area contributed by atoms with Crippen molar-refractivity contribution in [1.82, 2.24) is 0 Å². The van der Waals surface area contributed by atoms with Gasteiger partial charge in [0, 0.05) is 5.39 Å². The van der Waals surface area contributed by atoms with Crippen molar-refractivity contribution in [2.24, 2.45) is 0 Å². The van der Waals surface area contributed by atoms with Crippen molar-refractivity contribution < 1.29 is 18.6 Å². The Bertz CT molecular complexity index is 566. The van der Waals surface area contributed by atoms with Crippen LogP contribution in [0.1, 0.15) is 11.7 Å². The summed E-state index contributed by atoms with van der Waals surface area (Å²) in [6.07, 6.45) is -1.91. The van der Waals surface area contributed by atoms with Gasteiger partial charge in [0.15, 0.2) is 6.10 Å². The summed E-state index contributed by atoms with van der Waals surface area (Å²) in [6.45, 7) is 0. The number of alkyl halides is 3. The van der Waals surface area contributed by atoms with Gasteiger partial charge in [-0.3, -0.25) is 0 Å². The molecule has 2 rings (SSSR count). The summed E-state index contributed by atoms with van der Waals surface area (Å²) in [4.78, 5) is -3.37. The summed E-state index contributed by atoms with van der Waals surface area (Å²) in [5, 5.41) is 10.9. The van der Waals surface area contributed by atoms with Gasteiger partial charge in [-0.15, -0.1) is 0 Å². The molecule has 0 saturated carbocycles. The van der Waals surface area contributed by atoms with Crippen LogP contribution in [0.25, 0.3) is 10.8 Å². The van der Waals surface area contributed by atoms with Gasteiger partial charge in [0.05, 0.1) is 7.11 Å². The maximum Gasteiger partial charge on any atom is 0.330 e. The number of methoxy groups -OCH3 is 1. The lowest BCUT2D eigenvalue weighted by atomic mass is 10.00. The topological polar surface area (TPSA) is 29.5 Å². The van der Waals surface area contributed by atoms with Crippen LogP contribution < -0.4 is 4.74 Å². The van der Waals surface area contributed by atoms with E-state index in [-0.39, 0.29) is 5.56 Å². The summed E-state index contributed by atoms with van der Waals surface area (Å²) < 4.78 is 31.5. The van der Waals surface area contributed by atoms with E-state index in [1.165, 1.54) is 13.2 Å². The Morgan fingerprint density at radius 2 is 1.78 bits per heavy atom. The third-order valence-electron chi connectivity index (χ3n) is 2.74. The predicted molar refractivity (Wildman–Crippen MR) is 69.3 cm³/mol. The van der Waals surface area contributed by atoms with Crippen LogP contribution in [-0.2, 0) is 0 Å². The van der Waals surface area contributed by atoms with Crippen LogP contribution in [0.15, 0.2) is 36.4 Å². The molecule has 2 aromatic rings. The maximum atomic E-state index is 13.1. The SMILES string of the molecule is COc1ccc(C(O)C(F)(F)Br)c2ccccc12. The fourth-order valence-corrected chi connectivity index (χ4v) is 2.13. The highest BCUT2D eigenvalue weighted by Gasteiger charge is 2.37. The fraction of sp³-hybridized carbons (Fsp3) is 0.231. The van der Waals surface area contributed by atoms with Crippen LogP contribution in [-0.4, -0.2) is 17.0 Å². The highest BCUT2D eigenvalue weighted by molar-refractivity contribution is 9.10. The Morgan fingerprint density at radius 1 is 1.17 bits per heavy atom. The second-order valence-electron chi connectivity index (χ2n) is 3.85. The van der Waals surface area contributed by atoms with Gasteiger partial charge in [-0.05, 0) is 32.9 Å². The summed E-state index contributed by atoms with van der Waals surface area (Å²) in [5.74, 6) is 0.583. The molecule has 96 valence electrons. The zero-order valence-electron chi connectivity index (χ0n) is 9.53. The third kappa shape index (κ3) is 2.33. The molecule has 0 fully saturated rings. The Morgan fingerprint density at radius 3 is 2.33 bits per heavy atom. The van der Waals surface area contributed by atoms with Gasteiger partial charge in [-0.25, -0.2) is 0 Å². The summed E-state index contributed by atoms with van der Waals surface area (Å²) >= 11 is 2.19. The Kier molecular flexibility index (Phi) is 3.54. The second-order valence-corrected chi connectivity index (χ2v) is 4.90. The van der Waals surface area contributed by atoms with Crippen LogP contribution in [0.2, 0.25) is 0 Å². The molecule has 0 saturated heterocycles. The number of benzene rings is 2. The molecule has 0 aliphatic rings. The number of hydrogen-bond acceptors (Lipinski definition) is 2. The van der Waals surface area contributed by atoms with E-state index < -0.39 is 10.9 Å². The normalized spacial score (nSPS) is 13.6. The van der Waals surface area contributed by atoms with E-state index in [2.05, 4.69) is 15.9 Å². The smallest absolute Gasteiger partial charge is 0.330 e. The van der Waals surface area contributed by atoms with Gasteiger partial charge in [-0.1, -0.05) is 30.3 Å². The summed E-state index contributed by atoms with van der Waals surface area (Å²) in [5.41, 5.74) is 0.160. The minimum atomic E-state index is -3.37. The van der Waals surface area contributed by atoms with Crippen molar-refractivity contribution >= 4 is 26.7 Å². The largest absolute Gasteiger partial charge is 0.496 e. The van der Waals surface area contributed by atoms with Gasteiger partial charge < -0.3 is 9.84 Å². The molecular weight excluding hydrogens is 306 g/mol. The van der Waals surface area contributed by atoms with Gasteiger partial charge >= 0.3 is 4.83 Å². The Hall–Kier alpha value is -1.20. The number of ether oxygens (including phenoxy) is 1. The van der Waals surface area contributed by atoms with E-state index in [0.29, 0.717) is 16.5 Å². The fourth-order valence-electron chi connectivity index (χ4n) is 1.89. The Labute approximate surface area is 111 Å². The van der Waals surface area contributed by atoms with Gasteiger partial charge in [0.1, 0.15) is 5.75 Å². The van der Waals surface area contributed by atoms with E-state index in [9.17, 15) is 13.9 Å². The zero-order chi connectivity index (χ0) is 13.3. The molecule has 2 nitrogen and oxygen atoms in total. The van der Waals surface area contributed by atoms with Gasteiger partial charge in [0.2, 0.25) is 0 Å². The lowest BCUT2D eigenvalue weighted by Crippen LogP contribution is -2.18. The lowest BCUT2D eigenvalue weighted by molar-refractivity contribution is -0.0286. The maximum absolute atomic E-state index is 13.1. The molecule has 5 heteroatoms. The minimum absolute atomic E-state index is 0.160. The first kappa shape index (κ1) is 13.2. The van der Waals surface area contributed by atoms with E-state index in [0.717, 1.165) is 0 Å². The first-order chi connectivity index (χ1) is 8.45. The molecule has 0 bridgehead atoms. The molecule has 0 aliphatic heterocycles. The van der Waals surface area contributed by atoms with Gasteiger partial charge in [-0.2, -0.15) is 8.78 Å². The van der Waals surface area contributed by atoms with Crippen molar-refractivity contribution in [3.05, 3.63) is 42.0 Å². The third-order valence-corrected chi connectivity index (χ3v) is 3.18. The highest BCUT2D eigenvalue weighted by Crippen LogP contribution is 2.40. The summed E-state index contributed by atoms with van der Waals surface area (Å²) in [6, 6.07) is 9.96. The lowest BCUT2D eigenvalue weighted by Gasteiger charge is -2.19. The predicted octanol–water partition coefficient (Wildman–Crippen LogP) is 3.87. The first-order valence-corrected chi connectivity index (χ1v) is 6.05. The molecule has 2 aromatic carbocycles. The molecular formula is C13H11BrF2O2. The van der Waals surface area contributed by atoms with Crippen molar-refractivity contribution in [3.63, 3.8) is 0 Å². The van der Waals surface area contributed by atoms with Crippen molar-refractivity contribution in [1.29, 1.82) is 0 Å². The molecule has 18 heavy (non-hydrogen) atoms. The van der Waals surface area contributed by atoms with Gasteiger partial charge in [0.25, 0.3) is 0 Å². The van der Waals surface area contributed by atoms with E-state index in [1.54, 1.807) is 30.3 Å². The number of rotatable bonds is 3. The number of fused-ring (bicyclic) bond motifs is 1. The molecule has 0 spiro atoms. The molecule has 0 radical (unpaired) electrons. The van der Waals surface area contributed by atoms with E-state index in [1.807, 2.05) is 0 Å². The zero-order valence-corrected chi connectivity index (χ0v) is 11.1. The average molecular weight is 317 g/mol. The monoisotopic (exact) mass is 316 g/mol. The van der Waals surface area contributed by atoms with Crippen LogP contribution in [0.5, 0.6) is 5.75 Å². The molecule has 0 amide bonds. The van der Waals surface area contributed by atoms with Crippen molar-refractivity contribution in [3.8, 4) is 5.75 Å². The number of halogens is 3. The number of hydrogen-bond donors (Lipinski definition) is 1. The molecule has 1 atom stereocenters. The van der Waals surface area contributed by atoms with Crippen LogP contribution in [0.3, 0.4) is 0 Å². The molecule has 1 N–H and O–H groups in total. The number of aliphatic hydroxyl groups is 1. The van der Waals surface area contributed by atoms with Crippen LogP contribution in [0.4, 0.5) is 8.78 Å². The standard InChI is InChI=1S/C13H11BrF2O2/c1-18-11-7-6-10(12(17)13(14,15)16)8-4-2-3-5-9(8)11/h2-7,12,17H,1H3. The molecule has 0 heterocycles. The van der Waals surface area contributed by atoms with Crippen molar-refractivity contribution in [2.45, 2.75) is 10.9 Å². The second kappa shape index (κ2) is 4.82. The van der Waals surface area contributed by atoms with Crippen molar-refractivity contribution in [2.75, 3.05) is 7.11 Å². The van der Waals surface area contributed by atoms with E-state index in [4.69, 9.17) is 4.74 Å². The molecule has 1 unspecified atom stereocenters.